The Bertz CT molecular complexity index is 663. The first kappa shape index (κ1) is 16.8. The number of hydrogen-bond donors (Lipinski definition) is 3. The van der Waals surface area contributed by atoms with E-state index in [0.29, 0.717) is 6.41 Å². The van der Waals surface area contributed by atoms with Gasteiger partial charge >= 0.3 is 0 Å². The average molecular weight is 309 g/mol. The molecule has 1 amide bonds. The molecule has 3 rings (SSSR count). The molecule has 1 fully saturated rings. The van der Waals surface area contributed by atoms with Gasteiger partial charge in [-0.15, -0.1) is 0 Å². The van der Waals surface area contributed by atoms with Gasteiger partial charge < -0.3 is 5.32 Å². The molecule has 0 bridgehead atoms. The van der Waals surface area contributed by atoms with Crippen LogP contribution in [-0.2, 0) is 4.79 Å². The Hall–Kier alpha value is -2.59. The zero-order valence-electron chi connectivity index (χ0n) is 13.3. The fourth-order valence-electron chi connectivity index (χ4n) is 2.48. The SMILES string of the molecule is CNc1ccccc1/C=C/c1ccccc1C1CC1.NNC=O. The van der Waals surface area contributed by atoms with E-state index < -0.39 is 0 Å². The van der Waals surface area contributed by atoms with Crippen LogP contribution < -0.4 is 16.6 Å². The van der Waals surface area contributed by atoms with Gasteiger partial charge in [0, 0.05) is 12.7 Å². The van der Waals surface area contributed by atoms with Gasteiger partial charge in [-0.05, 0) is 41.5 Å². The van der Waals surface area contributed by atoms with Crippen molar-refractivity contribution in [3.8, 4) is 0 Å². The lowest BCUT2D eigenvalue weighted by atomic mass is 10.0. The van der Waals surface area contributed by atoms with Crippen LogP contribution in [0.4, 0.5) is 5.69 Å². The zero-order chi connectivity index (χ0) is 16.5. The molecule has 0 atom stereocenters. The summed E-state index contributed by atoms with van der Waals surface area (Å²) in [6, 6.07) is 17.1. The molecule has 1 saturated carbocycles. The highest BCUT2D eigenvalue weighted by atomic mass is 16.1. The maximum atomic E-state index is 8.94. The Kier molecular flexibility index (Phi) is 6.39. The second-order valence-corrected chi connectivity index (χ2v) is 5.36. The summed E-state index contributed by atoms with van der Waals surface area (Å²) >= 11 is 0. The number of anilines is 1. The molecule has 2 aromatic carbocycles. The standard InChI is InChI=1S/C18H19N.CH4N2O/c1-19-18-9-5-3-7-16(18)13-12-14-6-2-4-8-17(14)15-10-11-15;2-3-1-4/h2-9,12-13,15,19H,10-11H2,1H3;1H,2H2,(H,3,4)/b13-12+;. The number of hydrazine groups is 1. The van der Waals surface area contributed by atoms with Crippen LogP contribution >= 0.6 is 0 Å². The maximum absolute atomic E-state index is 8.94. The van der Waals surface area contributed by atoms with E-state index in [1.54, 1.807) is 5.43 Å². The van der Waals surface area contributed by atoms with Crippen molar-refractivity contribution in [3.05, 3.63) is 65.2 Å². The van der Waals surface area contributed by atoms with E-state index in [2.05, 4.69) is 71.8 Å². The number of para-hydroxylation sites is 1. The molecular formula is C19H23N3O. The molecule has 4 nitrogen and oxygen atoms in total. The van der Waals surface area contributed by atoms with Crippen molar-refractivity contribution in [3.63, 3.8) is 0 Å². The summed E-state index contributed by atoms with van der Waals surface area (Å²) in [5, 5.41) is 3.23. The molecule has 0 saturated heterocycles. The predicted molar refractivity (Wildman–Crippen MR) is 96.7 cm³/mol. The molecule has 4 N–H and O–H groups in total. The minimum absolute atomic E-state index is 0.403. The predicted octanol–water partition coefficient (Wildman–Crippen LogP) is 3.38. The van der Waals surface area contributed by atoms with Crippen LogP contribution in [0.15, 0.2) is 48.5 Å². The number of carbonyl (C=O) groups excluding carboxylic acids is 1. The monoisotopic (exact) mass is 309 g/mol. The molecular weight excluding hydrogens is 286 g/mol. The van der Waals surface area contributed by atoms with Gasteiger partial charge in [-0.25, -0.2) is 5.84 Å². The smallest absolute Gasteiger partial charge is 0.221 e. The second kappa shape index (κ2) is 8.76. The largest absolute Gasteiger partial charge is 0.388 e. The highest BCUT2D eigenvalue weighted by Crippen LogP contribution is 2.42. The third kappa shape index (κ3) is 4.97. The van der Waals surface area contributed by atoms with E-state index in [0.717, 1.165) is 5.92 Å². The molecule has 23 heavy (non-hydrogen) atoms. The molecule has 4 heteroatoms. The van der Waals surface area contributed by atoms with Crippen LogP contribution in [0.5, 0.6) is 0 Å². The van der Waals surface area contributed by atoms with Crippen LogP contribution in [0.1, 0.15) is 35.4 Å². The Labute approximate surface area is 137 Å². The number of carbonyl (C=O) groups is 1. The minimum atomic E-state index is 0.403. The molecule has 0 heterocycles. The number of hydrogen-bond acceptors (Lipinski definition) is 3. The summed E-state index contributed by atoms with van der Waals surface area (Å²) in [5.41, 5.74) is 7.01. The van der Waals surface area contributed by atoms with Crippen LogP contribution in [0.2, 0.25) is 0 Å². The summed E-state index contributed by atoms with van der Waals surface area (Å²) in [5.74, 6) is 5.20. The Morgan fingerprint density at radius 1 is 1.00 bits per heavy atom. The topological polar surface area (TPSA) is 67.2 Å². The molecule has 0 unspecified atom stereocenters. The molecule has 2 aromatic rings. The number of amides is 1. The minimum Gasteiger partial charge on any atom is -0.388 e. The van der Waals surface area contributed by atoms with Gasteiger partial charge in [0.1, 0.15) is 0 Å². The lowest BCUT2D eigenvalue weighted by Crippen LogP contribution is -2.18. The normalized spacial score (nSPS) is 13.1. The summed E-state index contributed by atoms with van der Waals surface area (Å²) in [7, 11) is 1.96. The van der Waals surface area contributed by atoms with E-state index in [4.69, 9.17) is 4.79 Å². The highest BCUT2D eigenvalue weighted by molar-refractivity contribution is 5.77. The third-order valence-corrected chi connectivity index (χ3v) is 3.75. The fraction of sp³-hybridized carbons (Fsp3) is 0.211. The summed E-state index contributed by atoms with van der Waals surface area (Å²) in [6.07, 6.45) is 7.53. The number of rotatable bonds is 5. The zero-order valence-corrected chi connectivity index (χ0v) is 13.3. The van der Waals surface area contributed by atoms with Crippen molar-refractivity contribution in [1.29, 1.82) is 0 Å². The van der Waals surface area contributed by atoms with Crippen molar-refractivity contribution in [2.45, 2.75) is 18.8 Å². The van der Waals surface area contributed by atoms with Crippen molar-refractivity contribution < 1.29 is 4.79 Å². The van der Waals surface area contributed by atoms with Crippen LogP contribution in [0.3, 0.4) is 0 Å². The molecule has 1 aliphatic rings. The van der Waals surface area contributed by atoms with E-state index in [9.17, 15) is 0 Å². The number of nitrogens with one attached hydrogen (secondary N) is 2. The van der Waals surface area contributed by atoms with Gasteiger partial charge in [0.2, 0.25) is 6.41 Å². The summed E-state index contributed by atoms with van der Waals surface area (Å²) in [6.45, 7) is 0. The van der Waals surface area contributed by atoms with Crippen LogP contribution in [0, 0.1) is 0 Å². The van der Waals surface area contributed by atoms with Gasteiger partial charge in [-0.3, -0.25) is 10.2 Å². The van der Waals surface area contributed by atoms with Gasteiger partial charge in [0.05, 0.1) is 0 Å². The number of benzene rings is 2. The van der Waals surface area contributed by atoms with Crippen LogP contribution in [-0.4, -0.2) is 13.5 Å². The summed E-state index contributed by atoms with van der Waals surface area (Å²) in [4.78, 5) is 8.94. The second-order valence-electron chi connectivity index (χ2n) is 5.36. The van der Waals surface area contributed by atoms with Crippen molar-refractivity contribution in [1.82, 2.24) is 5.43 Å². The fourth-order valence-corrected chi connectivity index (χ4v) is 2.48. The molecule has 0 spiro atoms. The molecule has 0 aromatic heterocycles. The lowest BCUT2D eigenvalue weighted by molar-refractivity contribution is -0.109. The van der Waals surface area contributed by atoms with E-state index >= 15 is 0 Å². The van der Waals surface area contributed by atoms with Crippen molar-refractivity contribution in [2.24, 2.45) is 5.84 Å². The molecule has 0 aliphatic heterocycles. The van der Waals surface area contributed by atoms with Gasteiger partial charge in [0.25, 0.3) is 0 Å². The first-order valence-electron chi connectivity index (χ1n) is 7.73. The maximum Gasteiger partial charge on any atom is 0.221 e. The lowest BCUT2D eigenvalue weighted by Gasteiger charge is -2.06. The summed E-state index contributed by atoms with van der Waals surface area (Å²) < 4.78 is 0. The van der Waals surface area contributed by atoms with Gasteiger partial charge in [-0.2, -0.15) is 0 Å². The van der Waals surface area contributed by atoms with E-state index in [-0.39, 0.29) is 0 Å². The Morgan fingerprint density at radius 3 is 2.17 bits per heavy atom. The molecule has 1 aliphatic carbocycles. The Balaban J connectivity index is 0.000000433. The third-order valence-electron chi connectivity index (χ3n) is 3.75. The molecule has 0 radical (unpaired) electrons. The highest BCUT2D eigenvalue weighted by Gasteiger charge is 2.24. The Morgan fingerprint density at radius 2 is 1.57 bits per heavy atom. The first-order chi connectivity index (χ1) is 11.3. The first-order valence-corrected chi connectivity index (χ1v) is 7.73. The van der Waals surface area contributed by atoms with Gasteiger partial charge in [0.15, 0.2) is 0 Å². The van der Waals surface area contributed by atoms with E-state index in [1.165, 1.54) is 35.2 Å². The average Bonchev–Trinajstić information content (AvgIpc) is 3.45. The van der Waals surface area contributed by atoms with E-state index in [1.807, 2.05) is 7.05 Å². The molecule has 120 valence electrons. The van der Waals surface area contributed by atoms with Crippen molar-refractivity contribution >= 4 is 24.2 Å². The van der Waals surface area contributed by atoms with Crippen molar-refractivity contribution in [2.75, 3.05) is 12.4 Å². The van der Waals surface area contributed by atoms with Gasteiger partial charge in [-0.1, -0.05) is 54.6 Å². The number of nitrogens with two attached hydrogens (primary N) is 1. The van der Waals surface area contributed by atoms with Crippen LogP contribution in [0.25, 0.3) is 12.2 Å². The quantitative estimate of drug-likeness (QED) is 0.261.